The predicted molar refractivity (Wildman–Crippen MR) is 76.9 cm³/mol. The summed E-state index contributed by atoms with van der Waals surface area (Å²) in [7, 11) is 0. The molecule has 0 saturated heterocycles. The summed E-state index contributed by atoms with van der Waals surface area (Å²) in [4.78, 5) is 4.55. The average molecular weight is 325 g/mol. The molecule has 1 unspecified atom stereocenters. The lowest BCUT2D eigenvalue weighted by molar-refractivity contribution is 0.0801. The molecule has 0 radical (unpaired) electrons. The smallest absolute Gasteiger partial charge is 0.283 e. The number of aliphatic hydroxyl groups excluding tert-OH is 1. The van der Waals surface area contributed by atoms with Crippen molar-refractivity contribution in [3.63, 3.8) is 0 Å². The van der Waals surface area contributed by atoms with Gasteiger partial charge in [0.2, 0.25) is 0 Å². The first kappa shape index (κ1) is 12.9. The molecule has 1 aliphatic heterocycles. The largest absolute Gasteiger partial charge is 0.462 e. The molecule has 102 valence electrons. The zero-order valence-electron chi connectivity index (χ0n) is 10.8. The van der Waals surface area contributed by atoms with Gasteiger partial charge >= 0.3 is 0 Å². The third-order valence-electron chi connectivity index (χ3n) is 4.07. The molecule has 1 aliphatic carbocycles. The lowest BCUT2D eigenvalue weighted by atomic mass is 9.65. The van der Waals surface area contributed by atoms with Gasteiger partial charge in [-0.05, 0) is 41.5 Å². The predicted octanol–water partition coefficient (Wildman–Crippen LogP) is 1.93. The number of halogens is 1. The Bertz CT molecular complexity index is 560. The van der Waals surface area contributed by atoms with Crippen molar-refractivity contribution in [3.8, 4) is 0 Å². The molecule has 2 aliphatic rings. The van der Waals surface area contributed by atoms with E-state index in [1.807, 2.05) is 6.07 Å². The van der Waals surface area contributed by atoms with Crippen LogP contribution in [0.15, 0.2) is 27.7 Å². The van der Waals surface area contributed by atoms with Gasteiger partial charge in [0.15, 0.2) is 0 Å². The summed E-state index contributed by atoms with van der Waals surface area (Å²) < 4.78 is 6.44. The molecule has 0 saturated carbocycles. The van der Waals surface area contributed by atoms with E-state index in [1.165, 1.54) is 5.56 Å². The number of nitrogens with zero attached hydrogens (tertiary/aromatic N) is 1. The van der Waals surface area contributed by atoms with Crippen molar-refractivity contribution >= 4 is 22.0 Å². The Morgan fingerprint density at radius 3 is 2.95 bits per heavy atom. The molecule has 5 heteroatoms. The van der Waals surface area contributed by atoms with Gasteiger partial charge in [0.25, 0.3) is 6.02 Å². The van der Waals surface area contributed by atoms with E-state index < -0.39 is 5.54 Å². The number of rotatable bonds is 1. The molecule has 0 bridgehead atoms. The summed E-state index contributed by atoms with van der Waals surface area (Å²) in [5.74, 6) is 0. The van der Waals surface area contributed by atoms with E-state index in [1.54, 1.807) is 0 Å². The Labute approximate surface area is 120 Å². The highest BCUT2D eigenvalue weighted by Gasteiger charge is 2.48. The fourth-order valence-electron chi connectivity index (χ4n) is 3.27. The number of benzene rings is 1. The average Bonchev–Trinajstić information content (AvgIpc) is 2.73. The standard InChI is InChI=1S/C14H17BrN2O2/c1-13(7-18)5-9-2-3-10(15)4-11(9)14(6-13)8-19-12(16)17-14/h2-4,18H,5-8H2,1H3,(H2,16,17)/t13?,14-/m1/s1. The molecule has 1 spiro atoms. The summed E-state index contributed by atoms with van der Waals surface area (Å²) in [6, 6.07) is 6.46. The van der Waals surface area contributed by atoms with E-state index in [9.17, 15) is 5.11 Å². The normalized spacial score (nSPS) is 32.9. The maximum atomic E-state index is 9.71. The first-order valence-corrected chi connectivity index (χ1v) is 7.14. The highest BCUT2D eigenvalue weighted by molar-refractivity contribution is 9.10. The summed E-state index contributed by atoms with van der Waals surface area (Å²) in [6.07, 6.45) is 1.60. The lowest BCUT2D eigenvalue weighted by Crippen LogP contribution is -2.42. The van der Waals surface area contributed by atoms with Crippen molar-refractivity contribution in [1.29, 1.82) is 0 Å². The minimum atomic E-state index is -0.446. The maximum absolute atomic E-state index is 9.71. The SMILES string of the molecule is CC1(CO)Cc2ccc(Br)cc2[C@]2(COC(N)=N2)C1. The Kier molecular flexibility index (Phi) is 2.87. The first-order valence-electron chi connectivity index (χ1n) is 6.34. The van der Waals surface area contributed by atoms with Crippen molar-refractivity contribution in [1.82, 2.24) is 0 Å². The van der Waals surface area contributed by atoms with E-state index in [-0.39, 0.29) is 18.0 Å². The minimum Gasteiger partial charge on any atom is -0.462 e. The Balaban J connectivity index is 2.17. The van der Waals surface area contributed by atoms with Crippen molar-refractivity contribution in [2.75, 3.05) is 13.2 Å². The molecule has 0 aromatic heterocycles. The monoisotopic (exact) mass is 324 g/mol. The zero-order chi connectivity index (χ0) is 13.7. The molecule has 1 aromatic carbocycles. The van der Waals surface area contributed by atoms with Crippen molar-refractivity contribution in [2.24, 2.45) is 16.1 Å². The summed E-state index contributed by atoms with van der Waals surface area (Å²) in [5.41, 5.74) is 7.47. The number of ether oxygens (including phenoxy) is 1. The van der Waals surface area contributed by atoms with E-state index in [4.69, 9.17) is 10.5 Å². The second-order valence-corrected chi connectivity index (χ2v) is 6.81. The molecule has 0 amide bonds. The number of aliphatic hydroxyl groups is 1. The number of fused-ring (bicyclic) bond motifs is 2. The first-order chi connectivity index (χ1) is 8.96. The second kappa shape index (κ2) is 4.21. The van der Waals surface area contributed by atoms with Gasteiger partial charge in [-0.25, -0.2) is 4.99 Å². The van der Waals surface area contributed by atoms with Gasteiger partial charge < -0.3 is 15.6 Å². The van der Waals surface area contributed by atoms with Crippen LogP contribution in [-0.4, -0.2) is 24.3 Å². The van der Waals surface area contributed by atoms with Crippen LogP contribution < -0.4 is 5.73 Å². The highest BCUT2D eigenvalue weighted by atomic mass is 79.9. The van der Waals surface area contributed by atoms with Crippen LogP contribution in [0.3, 0.4) is 0 Å². The van der Waals surface area contributed by atoms with Gasteiger partial charge in [-0.15, -0.1) is 0 Å². The van der Waals surface area contributed by atoms with Crippen molar-refractivity contribution in [2.45, 2.75) is 25.3 Å². The van der Waals surface area contributed by atoms with Crippen LogP contribution in [0.25, 0.3) is 0 Å². The third kappa shape index (κ3) is 2.05. The fraction of sp³-hybridized carbons (Fsp3) is 0.500. The molecule has 3 rings (SSSR count). The molecule has 3 N–H and O–H groups in total. The number of nitrogens with two attached hydrogens (primary N) is 1. The number of aliphatic imine (C=N–C) groups is 1. The molecular weight excluding hydrogens is 308 g/mol. The molecule has 4 nitrogen and oxygen atoms in total. The summed E-state index contributed by atoms with van der Waals surface area (Å²) in [6.45, 7) is 2.68. The molecule has 0 fully saturated rings. The molecular formula is C14H17BrN2O2. The van der Waals surface area contributed by atoms with E-state index in [0.717, 1.165) is 22.9 Å². The summed E-state index contributed by atoms with van der Waals surface area (Å²) >= 11 is 3.51. The van der Waals surface area contributed by atoms with Gasteiger partial charge in [0, 0.05) is 11.1 Å². The second-order valence-electron chi connectivity index (χ2n) is 5.89. The fourth-order valence-corrected chi connectivity index (χ4v) is 3.63. The highest BCUT2D eigenvalue weighted by Crippen LogP contribution is 2.49. The minimum absolute atomic E-state index is 0.139. The van der Waals surface area contributed by atoms with Crippen molar-refractivity contribution < 1.29 is 9.84 Å². The number of hydrogen-bond donors (Lipinski definition) is 2. The number of amidine groups is 1. The molecule has 2 atom stereocenters. The van der Waals surface area contributed by atoms with E-state index >= 15 is 0 Å². The maximum Gasteiger partial charge on any atom is 0.283 e. The number of hydrogen-bond acceptors (Lipinski definition) is 4. The van der Waals surface area contributed by atoms with Crippen LogP contribution in [0.1, 0.15) is 24.5 Å². The Morgan fingerprint density at radius 1 is 1.53 bits per heavy atom. The van der Waals surface area contributed by atoms with Crippen LogP contribution in [0, 0.1) is 5.41 Å². The van der Waals surface area contributed by atoms with E-state index in [0.29, 0.717) is 6.61 Å². The van der Waals surface area contributed by atoms with Gasteiger partial charge in [-0.3, -0.25) is 0 Å². The third-order valence-corrected chi connectivity index (χ3v) is 4.57. The van der Waals surface area contributed by atoms with Crippen LogP contribution in [-0.2, 0) is 16.7 Å². The van der Waals surface area contributed by atoms with Crippen LogP contribution >= 0.6 is 15.9 Å². The van der Waals surface area contributed by atoms with Gasteiger partial charge in [-0.2, -0.15) is 0 Å². The lowest BCUT2D eigenvalue weighted by Gasteiger charge is -2.42. The molecule has 1 heterocycles. The van der Waals surface area contributed by atoms with Crippen LogP contribution in [0.4, 0.5) is 0 Å². The molecule has 1 aromatic rings. The Hall–Kier alpha value is -1.07. The zero-order valence-corrected chi connectivity index (χ0v) is 12.4. The van der Waals surface area contributed by atoms with Crippen LogP contribution in [0.5, 0.6) is 0 Å². The van der Waals surface area contributed by atoms with Gasteiger partial charge in [0.1, 0.15) is 12.1 Å². The molecule has 19 heavy (non-hydrogen) atoms. The van der Waals surface area contributed by atoms with Gasteiger partial charge in [0.05, 0.1) is 0 Å². The van der Waals surface area contributed by atoms with Crippen LogP contribution in [0.2, 0.25) is 0 Å². The van der Waals surface area contributed by atoms with Gasteiger partial charge in [-0.1, -0.05) is 28.9 Å². The van der Waals surface area contributed by atoms with Crippen molar-refractivity contribution in [3.05, 3.63) is 33.8 Å². The topological polar surface area (TPSA) is 67.8 Å². The summed E-state index contributed by atoms with van der Waals surface area (Å²) in [5, 5.41) is 9.71. The van der Waals surface area contributed by atoms with E-state index in [2.05, 4.69) is 40.0 Å². The Morgan fingerprint density at radius 2 is 2.32 bits per heavy atom. The quantitative estimate of drug-likeness (QED) is 0.829.